The van der Waals surface area contributed by atoms with E-state index in [4.69, 9.17) is 6.42 Å². The standard InChI is InChI=1S/C9H11F3O3S/c1-3-5-7-8(6-4-2)15-16(13,14)9(10,11)12/h2,6H,3,5,7H2,1H3/b8-6+. The lowest BCUT2D eigenvalue weighted by atomic mass is 10.2. The van der Waals surface area contributed by atoms with Crippen molar-refractivity contribution in [3.63, 3.8) is 0 Å². The van der Waals surface area contributed by atoms with Crippen LogP contribution < -0.4 is 0 Å². The van der Waals surface area contributed by atoms with Gasteiger partial charge in [-0.25, -0.2) is 0 Å². The van der Waals surface area contributed by atoms with Gasteiger partial charge in [0.15, 0.2) is 0 Å². The first-order chi connectivity index (χ1) is 7.24. The summed E-state index contributed by atoms with van der Waals surface area (Å²) in [6.45, 7) is 1.80. The van der Waals surface area contributed by atoms with Crippen LogP contribution in [0.15, 0.2) is 11.8 Å². The molecule has 0 aromatic rings. The fourth-order valence-corrected chi connectivity index (χ4v) is 1.28. The maximum atomic E-state index is 12.0. The first-order valence-electron chi connectivity index (χ1n) is 4.40. The smallest absolute Gasteiger partial charge is 0.380 e. The van der Waals surface area contributed by atoms with Gasteiger partial charge in [-0.05, 0) is 6.42 Å². The maximum Gasteiger partial charge on any atom is 0.534 e. The zero-order valence-corrected chi connectivity index (χ0v) is 9.36. The van der Waals surface area contributed by atoms with Crippen LogP contribution in [0.5, 0.6) is 0 Å². The Morgan fingerprint density at radius 1 is 1.50 bits per heavy atom. The van der Waals surface area contributed by atoms with Crippen molar-refractivity contribution in [2.45, 2.75) is 31.7 Å². The molecule has 0 bridgehead atoms. The van der Waals surface area contributed by atoms with Gasteiger partial charge in [-0.2, -0.15) is 21.6 Å². The zero-order valence-electron chi connectivity index (χ0n) is 8.54. The third-order valence-electron chi connectivity index (χ3n) is 1.52. The number of allylic oxidation sites excluding steroid dienone is 2. The van der Waals surface area contributed by atoms with Crippen molar-refractivity contribution in [3.05, 3.63) is 11.8 Å². The summed E-state index contributed by atoms with van der Waals surface area (Å²) in [6.07, 6.45) is 6.94. The van der Waals surface area contributed by atoms with E-state index >= 15 is 0 Å². The highest BCUT2D eigenvalue weighted by Gasteiger charge is 2.48. The van der Waals surface area contributed by atoms with E-state index in [1.165, 1.54) is 0 Å². The first kappa shape index (κ1) is 14.8. The lowest BCUT2D eigenvalue weighted by Crippen LogP contribution is -2.25. The maximum absolute atomic E-state index is 12.0. The number of terminal acetylenes is 1. The van der Waals surface area contributed by atoms with E-state index < -0.39 is 15.6 Å². The minimum absolute atomic E-state index is 0.0516. The van der Waals surface area contributed by atoms with E-state index in [9.17, 15) is 21.6 Å². The van der Waals surface area contributed by atoms with Gasteiger partial charge in [0, 0.05) is 12.5 Å². The molecule has 3 nitrogen and oxygen atoms in total. The van der Waals surface area contributed by atoms with Gasteiger partial charge in [-0.1, -0.05) is 19.3 Å². The summed E-state index contributed by atoms with van der Waals surface area (Å²) < 4.78 is 61.1. The second-order valence-corrected chi connectivity index (χ2v) is 4.40. The molecular formula is C9H11F3O3S. The quantitative estimate of drug-likeness (QED) is 0.328. The van der Waals surface area contributed by atoms with Gasteiger partial charge in [0.25, 0.3) is 0 Å². The van der Waals surface area contributed by atoms with Crippen LogP contribution in [-0.2, 0) is 14.3 Å². The average molecular weight is 256 g/mol. The highest BCUT2D eigenvalue weighted by molar-refractivity contribution is 7.87. The minimum atomic E-state index is -5.61. The molecule has 0 aliphatic heterocycles. The van der Waals surface area contributed by atoms with Crippen molar-refractivity contribution in [3.8, 4) is 12.3 Å². The summed E-state index contributed by atoms with van der Waals surface area (Å²) in [6, 6.07) is 0. The Morgan fingerprint density at radius 2 is 2.06 bits per heavy atom. The van der Waals surface area contributed by atoms with E-state index in [-0.39, 0.29) is 12.2 Å². The van der Waals surface area contributed by atoms with Crippen LogP contribution >= 0.6 is 0 Å². The van der Waals surface area contributed by atoms with Crippen molar-refractivity contribution < 1.29 is 25.8 Å². The summed E-state index contributed by atoms with van der Waals surface area (Å²) in [5.74, 6) is 1.56. The Bertz CT molecular complexity index is 387. The van der Waals surface area contributed by atoms with Crippen molar-refractivity contribution in [2.75, 3.05) is 0 Å². The van der Waals surface area contributed by atoms with E-state index in [1.807, 2.05) is 5.92 Å². The van der Waals surface area contributed by atoms with E-state index in [0.29, 0.717) is 12.8 Å². The molecule has 0 saturated carbocycles. The van der Waals surface area contributed by atoms with Gasteiger partial charge in [0.1, 0.15) is 5.76 Å². The number of hydrogen-bond donors (Lipinski definition) is 0. The summed E-state index contributed by atoms with van der Waals surface area (Å²) >= 11 is 0. The normalized spacial score (nSPS) is 13.3. The molecule has 0 unspecified atom stereocenters. The molecule has 0 aliphatic carbocycles. The second kappa shape index (κ2) is 5.80. The van der Waals surface area contributed by atoms with Crippen molar-refractivity contribution >= 4 is 10.1 Å². The van der Waals surface area contributed by atoms with Crippen LogP contribution in [0.25, 0.3) is 0 Å². The first-order valence-corrected chi connectivity index (χ1v) is 5.81. The number of unbranched alkanes of at least 4 members (excludes halogenated alkanes) is 1. The zero-order chi connectivity index (χ0) is 12.8. The highest BCUT2D eigenvalue weighted by atomic mass is 32.2. The predicted octanol–water partition coefficient (Wildman–Crippen LogP) is 2.56. The summed E-state index contributed by atoms with van der Waals surface area (Å²) in [7, 11) is -5.61. The van der Waals surface area contributed by atoms with E-state index in [0.717, 1.165) is 6.08 Å². The third kappa shape index (κ3) is 4.57. The fourth-order valence-electron chi connectivity index (χ4n) is 0.770. The third-order valence-corrected chi connectivity index (χ3v) is 2.52. The SMILES string of the molecule is C#C/C=C(\CCCC)OS(=O)(=O)C(F)(F)F. The Balaban J connectivity index is 4.80. The van der Waals surface area contributed by atoms with Crippen LogP contribution in [0.2, 0.25) is 0 Å². The molecular weight excluding hydrogens is 245 g/mol. The van der Waals surface area contributed by atoms with Gasteiger partial charge >= 0.3 is 15.6 Å². The lowest BCUT2D eigenvalue weighted by Gasteiger charge is -2.11. The molecule has 16 heavy (non-hydrogen) atoms. The Hall–Kier alpha value is -1.16. The molecule has 0 aromatic heterocycles. The summed E-state index contributed by atoms with van der Waals surface area (Å²) in [4.78, 5) is 0. The van der Waals surface area contributed by atoms with Crippen molar-refractivity contribution in [1.29, 1.82) is 0 Å². The number of halogens is 3. The van der Waals surface area contributed by atoms with Crippen LogP contribution in [-0.4, -0.2) is 13.9 Å². The molecule has 0 heterocycles. The molecule has 0 N–H and O–H groups in total. The fraction of sp³-hybridized carbons (Fsp3) is 0.556. The van der Waals surface area contributed by atoms with Crippen LogP contribution in [0, 0.1) is 12.3 Å². The molecule has 0 atom stereocenters. The molecule has 0 amide bonds. The minimum Gasteiger partial charge on any atom is -0.380 e. The lowest BCUT2D eigenvalue weighted by molar-refractivity contribution is -0.0523. The topological polar surface area (TPSA) is 43.4 Å². The van der Waals surface area contributed by atoms with Crippen molar-refractivity contribution in [2.24, 2.45) is 0 Å². The molecule has 0 aromatic carbocycles. The summed E-state index contributed by atoms with van der Waals surface area (Å²) in [5, 5.41) is 0. The number of alkyl halides is 3. The average Bonchev–Trinajstić information content (AvgIpc) is 2.12. The molecule has 0 radical (unpaired) electrons. The molecule has 92 valence electrons. The Kier molecular flexibility index (Phi) is 5.38. The van der Waals surface area contributed by atoms with Crippen LogP contribution in [0.4, 0.5) is 13.2 Å². The molecule has 0 aliphatic rings. The molecule has 7 heteroatoms. The van der Waals surface area contributed by atoms with Crippen LogP contribution in [0.3, 0.4) is 0 Å². The molecule has 0 spiro atoms. The Morgan fingerprint density at radius 3 is 2.44 bits per heavy atom. The van der Waals surface area contributed by atoms with E-state index in [2.05, 4.69) is 4.18 Å². The van der Waals surface area contributed by atoms with Crippen LogP contribution in [0.1, 0.15) is 26.2 Å². The van der Waals surface area contributed by atoms with E-state index in [1.54, 1.807) is 6.92 Å². The monoisotopic (exact) mass is 256 g/mol. The van der Waals surface area contributed by atoms with Gasteiger partial charge in [0.05, 0.1) is 0 Å². The molecule has 0 saturated heterocycles. The predicted molar refractivity (Wildman–Crippen MR) is 52.5 cm³/mol. The van der Waals surface area contributed by atoms with Crippen molar-refractivity contribution in [1.82, 2.24) is 0 Å². The number of rotatable bonds is 5. The van der Waals surface area contributed by atoms with Gasteiger partial charge < -0.3 is 4.18 Å². The second-order valence-electron chi connectivity index (χ2n) is 2.86. The largest absolute Gasteiger partial charge is 0.534 e. The summed E-state index contributed by atoms with van der Waals surface area (Å²) in [5.41, 5.74) is -5.44. The molecule has 0 rings (SSSR count). The Labute approximate surface area is 92.4 Å². The molecule has 0 fully saturated rings. The highest BCUT2D eigenvalue weighted by Crippen LogP contribution is 2.27. The van der Waals surface area contributed by atoms with Gasteiger partial charge in [0.2, 0.25) is 0 Å². The van der Waals surface area contributed by atoms with Gasteiger partial charge in [-0.3, -0.25) is 0 Å². The van der Waals surface area contributed by atoms with Gasteiger partial charge in [-0.15, -0.1) is 6.42 Å². The number of hydrogen-bond acceptors (Lipinski definition) is 3.